The van der Waals surface area contributed by atoms with Gasteiger partial charge in [0.1, 0.15) is 0 Å². The van der Waals surface area contributed by atoms with Gasteiger partial charge in [-0.15, -0.1) is 0 Å². The third-order valence-electron chi connectivity index (χ3n) is 7.63. The number of carbonyl (C=O) groups excluding carboxylic acids is 2. The summed E-state index contributed by atoms with van der Waals surface area (Å²) in [5.74, 6) is -0.371. The number of nitrogens with zero attached hydrogens (tertiary/aromatic N) is 3. The second-order valence-corrected chi connectivity index (χ2v) is 14.9. The predicted octanol–water partition coefficient (Wildman–Crippen LogP) is 5.81. The summed E-state index contributed by atoms with van der Waals surface area (Å²) in [6.45, 7) is 24.4. The molecule has 0 saturated carbocycles. The second-order valence-electron chi connectivity index (χ2n) is 14.9. The van der Waals surface area contributed by atoms with Crippen molar-refractivity contribution >= 4 is 11.9 Å². The maximum atomic E-state index is 12.7. The molecule has 0 fully saturated rings. The van der Waals surface area contributed by atoms with Gasteiger partial charge in [0.15, 0.2) is 0 Å². The molecule has 37 heavy (non-hydrogen) atoms. The fourth-order valence-corrected chi connectivity index (χ4v) is 4.42. The molecule has 0 N–H and O–H groups in total. The van der Waals surface area contributed by atoms with Gasteiger partial charge in [-0.05, 0) is 22.7 Å². The molecule has 0 saturated heterocycles. The molecule has 7 heteroatoms. The lowest BCUT2D eigenvalue weighted by molar-refractivity contribution is -0.908. The number of rotatable bonds is 14. The molecule has 0 amide bonds. The number of imidazole rings is 1. The Balaban J connectivity index is 2.73. The van der Waals surface area contributed by atoms with Crippen LogP contribution in [0.25, 0.3) is 0 Å². The molecule has 7 nitrogen and oxygen atoms in total. The highest BCUT2D eigenvalue weighted by Gasteiger charge is 2.34. The third-order valence-corrected chi connectivity index (χ3v) is 7.63. The summed E-state index contributed by atoms with van der Waals surface area (Å²) in [6.07, 6.45) is 6.18. The summed E-state index contributed by atoms with van der Waals surface area (Å²) < 4.78 is 13.9. The molecule has 1 atom stereocenters. The Morgan fingerprint density at radius 2 is 1.38 bits per heavy atom. The standard InChI is InChI=1S/C30H56N3O4/c1-27(2,3)20-29(7,8)21-36-25(34)14-17-33(12,16-13-24-19-32(11)23-31-24)18-15-26(35)37-22-30(9,10)28(4,5)6/h19,23H,13-18,20-22H2,1-12H3/q+1. The van der Waals surface area contributed by atoms with Gasteiger partial charge in [-0.2, -0.15) is 0 Å². The lowest BCUT2D eigenvalue weighted by Crippen LogP contribution is -2.48. The Bertz CT molecular complexity index is 874. The highest BCUT2D eigenvalue weighted by Crippen LogP contribution is 2.38. The van der Waals surface area contributed by atoms with E-state index < -0.39 is 0 Å². The van der Waals surface area contributed by atoms with Crippen LogP contribution in [0.2, 0.25) is 0 Å². The van der Waals surface area contributed by atoms with Crippen molar-refractivity contribution in [2.24, 2.45) is 28.7 Å². The van der Waals surface area contributed by atoms with Crippen LogP contribution < -0.4 is 0 Å². The fraction of sp³-hybridized carbons (Fsp3) is 0.833. The van der Waals surface area contributed by atoms with Gasteiger partial charge in [0.05, 0.1) is 64.8 Å². The molecular weight excluding hydrogens is 466 g/mol. The summed E-state index contributed by atoms with van der Waals surface area (Å²) >= 11 is 0. The van der Waals surface area contributed by atoms with Crippen molar-refractivity contribution in [1.82, 2.24) is 9.55 Å². The molecule has 0 radical (unpaired) electrons. The van der Waals surface area contributed by atoms with Gasteiger partial charge in [-0.1, -0.05) is 69.2 Å². The highest BCUT2D eigenvalue weighted by molar-refractivity contribution is 5.70. The van der Waals surface area contributed by atoms with Crippen LogP contribution in [0.15, 0.2) is 12.5 Å². The summed E-state index contributed by atoms with van der Waals surface area (Å²) in [6, 6.07) is 0. The van der Waals surface area contributed by atoms with Crippen LogP contribution in [-0.4, -0.2) is 65.9 Å². The molecule has 1 heterocycles. The van der Waals surface area contributed by atoms with Gasteiger partial charge in [0.25, 0.3) is 0 Å². The third kappa shape index (κ3) is 13.0. The monoisotopic (exact) mass is 522 g/mol. The van der Waals surface area contributed by atoms with Gasteiger partial charge in [-0.25, -0.2) is 4.98 Å². The van der Waals surface area contributed by atoms with Crippen molar-refractivity contribution in [1.29, 1.82) is 0 Å². The van der Waals surface area contributed by atoms with Crippen LogP contribution in [0.1, 0.15) is 94.2 Å². The molecule has 214 valence electrons. The molecule has 1 rings (SSSR count). The molecule has 0 bridgehead atoms. The van der Waals surface area contributed by atoms with Crippen LogP contribution in [0.5, 0.6) is 0 Å². The number of ether oxygens (including phenoxy) is 2. The van der Waals surface area contributed by atoms with Crippen molar-refractivity contribution < 1.29 is 23.5 Å². The first kappa shape index (κ1) is 33.1. The molecule has 1 unspecified atom stereocenters. The van der Waals surface area contributed by atoms with E-state index in [1.807, 2.05) is 17.8 Å². The number of aromatic nitrogens is 2. The minimum absolute atomic E-state index is 0.0301. The van der Waals surface area contributed by atoms with Crippen molar-refractivity contribution in [3.05, 3.63) is 18.2 Å². The number of hydrogen-bond donors (Lipinski definition) is 0. The van der Waals surface area contributed by atoms with E-state index in [4.69, 9.17) is 9.47 Å². The van der Waals surface area contributed by atoms with Crippen molar-refractivity contribution in [3.63, 3.8) is 0 Å². The zero-order valence-electron chi connectivity index (χ0n) is 26.0. The molecule has 0 aliphatic heterocycles. The second kappa shape index (κ2) is 12.8. The summed E-state index contributed by atoms with van der Waals surface area (Å²) in [4.78, 5) is 29.8. The fourth-order valence-electron chi connectivity index (χ4n) is 4.42. The van der Waals surface area contributed by atoms with E-state index in [1.165, 1.54) is 0 Å². The van der Waals surface area contributed by atoms with Gasteiger partial charge in [0.2, 0.25) is 0 Å². The Labute approximate surface area is 226 Å². The number of carbonyl (C=O) groups is 2. The van der Waals surface area contributed by atoms with E-state index in [9.17, 15) is 9.59 Å². The van der Waals surface area contributed by atoms with Crippen LogP contribution in [0.4, 0.5) is 0 Å². The SMILES string of the molecule is Cn1cnc(CC[N+](C)(CCC(=O)OCC(C)(C)CC(C)(C)C)CCC(=O)OCC(C)(C)C(C)(C)C)c1. The first-order valence-electron chi connectivity index (χ1n) is 13.7. The summed E-state index contributed by atoms with van der Waals surface area (Å²) in [5.41, 5.74) is 1.02. The zero-order chi connectivity index (χ0) is 28.7. The van der Waals surface area contributed by atoms with Gasteiger partial charge >= 0.3 is 11.9 Å². The van der Waals surface area contributed by atoms with Gasteiger partial charge in [-0.3, -0.25) is 9.59 Å². The normalized spacial score (nSPS) is 14.8. The first-order chi connectivity index (χ1) is 16.6. The van der Waals surface area contributed by atoms with E-state index in [-0.39, 0.29) is 33.6 Å². The first-order valence-corrected chi connectivity index (χ1v) is 13.7. The van der Waals surface area contributed by atoms with Crippen molar-refractivity contribution in [3.8, 4) is 0 Å². The maximum Gasteiger partial charge on any atom is 0.311 e. The topological polar surface area (TPSA) is 70.4 Å². The highest BCUT2D eigenvalue weighted by atomic mass is 16.5. The van der Waals surface area contributed by atoms with E-state index in [1.54, 1.807) is 6.33 Å². The molecule has 0 aliphatic carbocycles. The average molecular weight is 523 g/mol. The quantitative estimate of drug-likeness (QED) is 0.228. The molecule has 0 spiro atoms. The maximum absolute atomic E-state index is 12.7. The minimum Gasteiger partial charge on any atom is -0.465 e. The number of quaternary nitrogens is 1. The number of esters is 2. The zero-order valence-corrected chi connectivity index (χ0v) is 26.0. The minimum atomic E-state index is -0.189. The lowest BCUT2D eigenvalue weighted by atomic mass is 9.70. The van der Waals surface area contributed by atoms with E-state index in [0.29, 0.717) is 43.6 Å². The van der Waals surface area contributed by atoms with Crippen LogP contribution in [0, 0.1) is 21.7 Å². The van der Waals surface area contributed by atoms with Crippen LogP contribution >= 0.6 is 0 Å². The number of aryl methyl sites for hydroxylation is 1. The summed E-state index contributed by atoms with van der Waals surface area (Å²) in [7, 11) is 4.06. The Morgan fingerprint density at radius 1 is 0.865 bits per heavy atom. The smallest absolute Gasteiger partial charge is 0.311 e. The summed E-state index contributed by atoms with van der Waals surface area (Å²) in [5, 5.41) is 0. The predicted molar refractivity (Wildman–Crippen MR) is 150 cm³/mol. The van der Waals surface area contributed by atoms with Crippen molar-refractivity contribution in [2.45, 2.75) is 94.9 Å². The van der Waals surface area contributed by atoms with Gasteiger partial charge < -0.3 is 18.5 Å². The van der Waals surface area contributed by atoms with E-state index in [0.717, 1.165) is 25.1 Å². The Kier molecular flexibility index (Phi) is 11.4. The van der Waals surface area contributed by atoms with E-state index >= 15 is 0 Å². The Morgan fingerprint density at radius 3 is 1.81 bits per heavy atom. The largest absolute Gasteiger partial charge is 0.465 e. The number of hydrogen-bond acceptors (Lipinski definition) is 5. The lowest BCUT2D eigenvalue weighted by Gasteiger charge is -2.38. The molecular formula is C30H56N3O4+. The molecule has 0 aromatic carbocycles. The average Bonchev–Trinajstić information content (AvgIpc) is 3.15. The molecule has 0 aliphatic rings. The van der Waals surface area contributed by atoms with E-state index in [2.05, 4.69) is 81.3 Å². The number of likely N-dealkylation sites (N-methyl/N-ethyl adjacent to an activating group) is 1. The molecule has 1 aromatic heterocycles. The van der Waals surface area contributed by atoms with Crippen LogP contribution in [-0.2, 0) is 32.5 Å². The van der Waals surface area contributed by atoms with Gasteiger partial charge in [0, 0.05) is 25.1 Å². The van der Waals surface area contributed by atoms with Crippen LogP contribution in [0.3, 0.4) is 0 Å². The molecule has 1 aromatic rings. The van der Waals surface area contributed by atoms with Crippen molar-refractivity contribution in [2.75, 3.05) is 39.9 Å². The Hall–Kier alpha value is -1.89.